The van der Waals surface area contributed by atoms with Crippen molar-refractivity contribution < 1.29 is 19.1 Å². The zero-order valence-electron chi connectivity index (χ0n) is 17.3. The van der Waals surface area contributed by atoms with E-state index in [2.05, 4.69) is 16.0 Å². The molecule has 0 saturated carbocycles. The first-order chi connectivity index (χ1) is 14.6. The van der Waals surface area contributed by atoms with Crippen molar-refractivity contribution in [3.8, 4) is 5.75 Å². The molecule has 3 rings (SSSR count). The fourth-order valence-electron chi connectivity index (χ4n) is 3.14. The molecule has 1 fully saturated rings. The lowest BCUT2D eigenvalue weighted by atomic mass is 10.2. The lowest BCUT2D eigenvalue weighted by molar-refractivity contribution is -0.116. The number of anilines is 3. The van der Waals surface area contributed by atoms with Crippen LogP contribution in [0.2, 0.25) is 0 Å². The molecule has 2 amide bonds. The van der Waals surface area contributed by atoms with E-state index in [1.54, 1.807) is 6.07 Å². The smallest absolute Gasteiger partial charge is 0.243 e. The molecule has 160 valence electrons. The first-order valence-electron chi connectivity index (χ1n) is 10.4. The number of carbonyl (C=O) groups is 2. The van der Waals surface area contributed by atoms with Crippen LogP contribution in [-0.4, -0.2) is 37.7 Å². The van der Waals surface area contributed by atoms with Gasteiger partial charge in [0, 0.05) is 36.2 Å². The van der Waals surface area contributed by atoms with E-state index in [9.17, 15) is 9.59 Å². The molecular formula is C23H29N3O4. The number of carbonyl (C=O) groups excluding carboxylic acids is 2. The van der Waals surface area contributed by atoms with Crippen LogP contribution in [0, 0.1) is 0 Å². The van der Waals surface area contributed by atoms with E-state index in [-0.39, 0.29) is 24.5 Å². The van der Waals surface area contributed by atoms with Crippen LogP contribution in [0.1, 0.15) is 32.6 Å². The van der Waals surface area contributed by atoms with Crippen molar-refractivity contribution >= 4 is 28.9 Å². The minimum absolute atomic E-state index is 0.000403. The van der Waals surface area contributed by atoms with Gasteiger partial charge in [0.15, 0.2) is 0 Å². The molecule has 30 heavy (non-hydrogen) atoms. The summed E-state index contributed by atoms with van der Waals surface area (Å²) in [5.74, 6) is 0.545. The highest BCUT2D eigenvalue weighted by Gasteiger charge is 2.16. The molecule has 3 N–H and O–H groups in total. The summed E-state index contributed by atoms with van der Waals surface area (Å²) in [5, 5.41) is 8.77. The second-order valence-electron chi connectivity index (χ2n) is 7.25. The molecular weight excluding hydrogens is 382 g/mol. The van der Waals surface area contributed by atoms with Crippen LogP contribution in [0.15, 0.2) is 48.5 Å². The van der Waals surface area contributed by atoms with Crippen molar-refractivity contribution in [1.82, 2.24) is 0 Å². The SMILES string of the molecule is CCCC(=O)Nc1ccc(NCC(=O)Nc2cccc(OCC3CCCO3)c2)cc1. The fraction of sp³-hybridized carbons (Fsp3) is 0.391. The molecule has 1 atom stereocenters. The molecule has 2 aromatic carbocycles. The highest BCUT2D eigenvalue weighted by Crippen LogP contribution is 2.20. The van der Waals surface area contributed by atoms with Crippen molar-refractivity contribution in [2.45, 2.75) is 38.7 Å². The standard InChI is InChI=1S/C23H29N3O4/c1-2-5-22(27)25-18-11-9-17(10-12-18)24-15-23(28)26-19-6-3-7-20(14-19)30-16-21-8-4-13-29-21/h3,6-7,9-12,14,21,24H,2,4-5,8,13,15-16H2,1H3,(H,25,27)(H,26,28). The van der Waals surface area contributed by atoms with Gasteiger partial charge in [-0.05, 0) is 55.7 Å². The van der Waals surface area contributed by atoms with Gasteiger partial charge in [0.2, 0.25) is 11.8 Å². The average Bonchev–Trinajstić information content (AvgIpc) is 3.26. The Hall–Kier alpha value is -3.06. The first kappa shape index (κ1) is 21.6. The van der Waals surface area contributed by atoms with Crippen molar-refractivity contribution in [3.05, 3.63) is 48.5 Å². The summed E-state index contributed by atoms with van der Waals surface area (Å²) >= 11 is 0. The lowest BCUT2D eigenvalue weighted by Crippen LogP contribution is -2.21. The van der Waals surface area contributed by atoms with Gasteiger partial charge in [-0.1, -0.05) is 13.0 Å². The highest BCUT2D eigenvalue weighted by molar-refractivity contribution is 5.94. The Balaban J connectivity index is 1.43. The Morgan fingerprint density at radius 1 is 1.03 bits per heavy atom. The predicted octanol–water partition coefficient (Wildman–Crippen LogP) is 4.03. The topological polar surface area (TPSA) is 88.7 Å². The van der Waals surface area contributed by atoms with Crippen LogP contribution in [0.4, 0.5) is 17.1 Å². The van der Waals surface area contributed by atoms with Gasteiger partial charge in [-0.15, -0.1) is 0 Å². The minimum Gasteiger partial charge on any atom is -0.491 e. The number of benzene rings is 2. The van der Waals surface area contributed by atoms with Crippen molar-refractivity contribution in [3.63, 3.8) is 0 Å². The average molecular weight is 412 g/mol. The Morgan fingerprint density at radius 2 is 1.80 bits per heavy atom. The first-order valence-corrected chi connectivity index (χ1v) is 10.4. The van der Waals surface area contributed by atoms with E-state index in [0.29, 0.717) is 24.5 Å². The summed E-state index contributed by atoms with van der Waals surface area (Å²) in [5.41, 5.74) is 2.22. The fourth-order valence-corrected chi connectivity index (χ4v) is 3.14. The number of hydrogen-bond acceptors (Lipinski definition) is 5. The van der Waals surface area contributed by atoms with Crippen molar-refractivity contribution in [2.24, 2.45) is 0 Å². The lowest BCUT2D eigenvalue weighted by Gasteiger charge is -2.13. The predicted molar refractivity (Wildman–Crippen MR) is 118 cm³/mol. The Labute approximate surface area is 177 Å². The van der Waals surface area contributed by atoms with Gasteiger partial charge in [0.05, 0.1) is 12.6 Å². The molecule has 1 unspecified atom stereocenters. The van der Waals surface area contributed by atoms with E-state index >= 15 is 0 Å². The monoisotopic (exact) mass is 411 g/mol. The molecule has 1 aliphatic rings. The van der Waals surface area contributed by atoms with Gasteiger partial charge in [-0.3, -0.25) is 9.59 Å². The highest BCUT2D eigenvalue weighted by atomic mass is 16.5. The second kappa shape index (κ2) is 11.2. The second-order valence-corrected chi connectivity index (χ2v) is 7.25. The number of amides is 2. The molecule has 0 bridgehead atoms. The molecule has 7 heteroatoms. The van der Waals surface area contributed by atoms with E-state index in [1.165, 1.54) is 0 Å². The maximum atomic E-state index is 12.3. The molecule has 1 aliphatic heterocycles. The third-order valence-electron chi connectivity index (χ3n) is 4.68. The Bertz CT molecular complexity index is 833. The van der Waals surface area contributed by atoms with Gasteiger partial charge in [-0.2, -0.15) is 0 Å². The third-order valence-corrected chi connectivity index (χ3v) is 4.68. The molecule has 0 aliphatic carbocycles. The van der Waals surface area contributed by atoms with Gasteiger partial charge in [-0.25, -0.2) is 0 Å². The summed E-state index contributed by atoms with van der Waals surface area (Å²) in [6, 6.07) is 14.6. The zero-order chi connectivity index (χ0) is 21.2. The molecule has 0 aromatic heterocycles. The molecule has 7 nitrogen and oxygen atoms in total. The van der Waals surface area contributed by atoms with Crippen LogP contribution in [0.25, 0.3) is 0 Å². The zero-order valence-corrected chi connectivity index (χ0v) is 17.3. The quantitative estimate of drug-likeness (QED) is 0.549. The molecule has 1 saturated heterocycles. The summed E-state index contributed by atoms with van der Waals surface area (Å²) < 4.78 is 11.3. The molecule has 1 heterocycles. The van der Waals surface area contributed by atoms with E-state index in [4.69, 9.17) is 9.47 Å². The molecule has 2 aromatic rings. The maximum Gasteiger partial charge on any atom is 0.243 e. The number of nitrogens with one attached hydrogen (secondary N) is 3. The van der Waals surface area contributed by atoms with Gasteiger partial charge in [0.25, 0.3) is 0 Å². The largest absolute Gasteiger partial charge is 0.491 e. The van der Waals surface area contributed by atoms with Gasteiger partial charge in [0.1, 0.15) is 12.4 Å². The number of ether oxygens (including phenoxy) is 2. The van der Waals surface area contributed by atoms with E-state index in [0.717, 1.165) is 37.2 Å². The van der Waals surface area contributed by atoms with Crippen LogP contribution in [0.3, 0.4) is 0 Å². The number of hydrogen-bond donors (Lipinski definition) is 3. The molecule has 0 spiro atoms. The van der Waals surface area contributed by atoms with Crippen molar-refractivity contribution in [2.75, 3.05) is 35.7 Å². The summed E-state index contributed by atoms with van der Waals surface area (Å²) in [4.78, 5) is 23.9. The maximum absolute atomic E-state index is 12.3. The van der Waals surface area contributed by atoms with Crippen LogP contribution < -0.4 is 20.7 Å². The number of rotatable bonds is 10. The van der Waals surface area contributed by atoms with Crippen LogP contribution >= 0.6 is 0 Å². The Kier molecular flexibility index (Phi) is 8.09. The van der Waals surface area contributed by atoms with Crippen LogP contribution in [-0.2, 0) is 14.3 Å². The third kappa shape index (κ3) is 7.08. The van der Waals surface area contributed by atoms with Crippen molar-refractivity contribution in [1.29, 1.82) is 0 Å². The normalized spacial score (nSPS) is 15.4. The molecule has 0 radical (unpaired) electrons. The minimum atomic E-state index is -0.161. The van der Waals surface area contributed by atoms with E-state index in [1.807, 2.05) is 49.4 Å². The summed E-state index contributed by atoms with van der Waals surface area (Å²) in [7, 11) is 0. The van der Waals surface area contributed by atoms with Gasteiger partial charge < -0.3 is 25.4 Å². The van der Waals surface area contributed by atoms with E-state index < -0.39 is 0 Å². The Morgan fingerprint density at radius 3 is 2.53 bits per heavy atom. The van der Waals surface area contributed by atoms with Gasteiger partial charge >= 0.3 is 0 Å². The summed E-state index contributed by atoms with van der Waals surface area (Å²) in [6.07, 6.45) is 3.56. The van der Waals surface area contributed by atoms with Crippen LogP contribution in [0.5, 0.6) is 5.75 Å². The summed E-state index contributed by atoms with van der Waals surface area (Å²) in [6.45, 7) is 3.41.